The summed E-state index contributed by atoms with van der Waals surface area (Å²) in [6.07, 6.45) is 1.96. The summed E-state index contributed by atoms with van der Waals surface area (Å²) in [5.74, 6) is 0.229. The number of hydrogen-bond donors (Lipinski definition) is 3. The average Bonchev–Trinajstić information content (AvgIpc) is 2.90. The van der Waals surface area contributed by atoms with Crippen molar-refractivity contribution < 1.29 is 5.11 Å². The van der Waals surface area contributed by atoms with Crippen LogP contribution in [0, 0.1) is 6.92 Å². The predicted molar refractivity (Wildman–Crippen MR) is 86.3 cm³/mol. The smallest absolute Gasteiger partial charge is 0.124 e. The first-order chi connectivity index (χ1) is 10.1. The summed E-state index contributed by atoms with van der Waals surface area (Å²) in [5.41, 5.74) is 9.64. The Bertz CT molecular complexity index is 708. The van der Waals surface area contributed by atoms with Crippen LogP contribution in [0.4, 0.5) is 0 Å². The summed E-state index contributed by atoms with van der Waals surface area (Å²) in [4.78, 5) is 0. The second kappa shape index (κ2) is 5.60. The number of halogens is 2. The van der Waals surface area contributed by atoms with E-state index in [0.29, 0.717) is 10.0 Å². The third-order valence-electron chi connectivity index (χ3n) is 3.45. The van der Waals surface area contributed by atoms with E-state index >= 15 is 0 Å². The molecule has 0 aliphatic carbocycles. The molecule has 0 radical (unpaired) electrons. The lowest BCUT2D eigenvalue weighted by Gasteiger charge is -2.12. The zero-order valence-electron chi connectivity index (χ0n) is 11.3. The Balaban J connectivity index is 2.00. The normalized spacial score (nSPS) is 17.5. The van der Waals surface area contributed by atoms with Gasteiger partial charge >= 0.3 is 0 Å². The molecule has 0 bridgehead atoms. The molecule has 1 heterocycles. The first-order valence-corrected chi connectivity index (χ1v) is 7.29. The average molecular weight is 321 g/mol. The largest absolute Gasteiger partial charge is 0.507 e. The second-order valence-corrected chi connectivity index (χ2v) is 5.80. The van der Waals surface area contributed by atoms with Gasteiger partial charge in [-0.25, -0.2) is 5.43 Å². The molecule has 21 heavy (non-hydrogen) atoms. The zero-order valence-corrected chi connectivity index (χ0v) is 12.8. The summed E-state index contributed by atoms with van der Waals surface area (Å²) in [5, 5.41) is 11.2. The van der Waals surface area contributed by atoms with Gasteiger partial charge in [0.15, 0.2) is 0 Å². The molecular formula is C16H14Cl2N2O. The zero-order chi connectivity index (χ0) is 15.0. The Kier molecular flexibility index (Phi) is 3.81. The summed E-state index contributed by atoms with van der Waals surface area (Å²) in [6, 6.07) is 10.7. The fourth-order valence-electron chi connectivity index (χ4n) is 2.39. The molecule has 0 spiro atoms. The molecule has 0 amide bonds. The van der Waals surface area contributed by atoms with Crippen LogP contribution < -0.4 is 10.9 Å². The van der Waals surface area contributed by atoms with Crippen molar-refractivity contribution in [3.63, 3.8) is 0 Å². The molecule has 1 aliphatic rings. The van der Waals surface area contributed by atoms with Gasteiger partial charge in [0.1, 0.15) is 5.75 Å². The molecule has 3 rings (SSSR count). The van der Waals surface area contributed by atoms with E-state index in [2.05, 4.69) is 10.9 Å². The highest BCUT2D eigenvalue weighted by molar-refractivity contribution is 6.36. The van der Waals surface area contributed by atoms with Crippen LogP contribution in [-0.2, 0) is 0 Å². The Morgan fingerprint density at radius 3 is 2.52 bits per heavy atom. The van der Waals surface area contributed by atoms with E-state index in [0.717, 1.165) is 22.4 Å². The van der Waals surface area contributed by atoms with Crippen LogP contribution in [0.2, 0.25) is 10.0 Å². The van der Waals surface area contributed by atoms with E-state index in [1.54, 1.807) is 18.2 Å². The molecule has 0 aromatic heterocycles. The predicted octanol–water partition coefficient (Wildman–Crippen LogP) is 4.20. The van der Waals surface area contributed by atoms with Gasteiger partial charge in [-0.05, 0) is 37.3 Å². The van der Waals surface area contributed by atoms with Gasteiger partial charge in [0.2, 0.25) is 0 Å². The number of hydrazine groups is 1. The first kappa shape index (κ1) is 14.3. The molecule has 0 unspecified atom stereocenters. The lowest BCUT2D eigenvalue weighted by molar-refractivity contribution is 0.472. The molecule has 3 nitrogen and oxygen atoms in total. The topological polar surface area (TPSA) is 44.3 Å². The number of phenols is 1. The van der Waals surface area contributed by atoms with E-state index in [-0.39, 0.29) is 11.8 Å². The van der Waals surface area contributed by atoms with Gasteiger partial charge in [-0.15, -0.1) is 0 Å². The van der Waals surface area contributed by atoms with Crippen molar-refractivity contribution in [1.29, 1.82) is 0 Å². The fourth-order valence-corrected chi connectivity index (χ4v) is 3.02. The molecule has 108 valence electrons. The molecule has 2 aromatic carbocycles. The lowest BCUT2D eigenvalue weighted by Crippen LogP contribution is -2.26. The van der Waals surface area contributed by atoms with Gasteiger partial charge < -0.3 is 10.5 Å². The van der Waals surface area contributed by atoms with Crippen LogP contribution in [0.3, 0.4) is 0 Å². The highest BCUT2D eigenvalue weighted by atomic mass is 35.5. The summed E-state index contributed by atoms with van der Waals surface area (Å²) < 4.78 is 0. The molecule has 2 aromatic rings. The molecule has 0 fully saturated rings. The van der Waals surface area contributed by atoms with Gasteiger partial charge in [-0.3, -0.25) is 0 Å². The third-order valence-corrected chi connectivity index (χ3v) is 4.11. The van der Waals surface area contributed by atoms with Crippen LogP contribution in [-0.4, -0.2) is 5.11 Å². The minimum atomic E-state index is -0.152. The van der Waals surface area contributed by atoms with Crippen molar-refractivity contribution in [2.45, 2.75) is 13.0 Å². The number of benzene rings is 2. The Labute approximate surface area is 133 Å². The van der Waals surface area contributed by atoms with E-state index in [1.807, 2.05) is 31.2 Å². The molecular weight excluding hydrogens is 307 g/mol. The third kappa shape index (κ3) is 2.72. The van der Waals surface area contributed by atoms with Gasteiger partial charge in [-0.1, -0.05) is 40.9 Å². The fraction of sp³-hybridized carbons (Fsp3) is 0.125. The SMILES string of the molecule is Cc1ccc(O)c(C2=C[C@H](c3c(Cl)cccc3Cl)NN2)c1. The number of nitrogens with one attached hydrogen (secondary N) is 2. The van der Waals surface area contributed by atoms with Crippen molar-refractivity contribution in [1.82, 2.24) is 10.9 Å². The number of hydrogen-bond acceptors (Lipinski definition) is 3. The van der Waals surface area contributed by atoms with Gasteiger partial charge in [0.05, 0.1) is 11.7 Å². The summed E-state index contributed by atoms with van der Waals surface area (Å²) in [6.45, 7) is 1.98. The maximum absolute atomic E-state index is 10.0. The van der Waals surface area contributed by atoms with Crippen LogP contribution >= 0.6 is 23.2 Å². The molecule has 1 atom stereocenters. The highest BCUT2D eigenvalue weighted by Crippen LogP contribution is 2.35. The molecule has 3 N–H and O–H groups in total. The quantitative estimate of drug-likeness (QED) is 0.777. The highest BCUT2D eigenvalue weighted by Gasteiger charge is 2.23. The van der Waals surface area contributed by atoms with Crippen LogP contribution in [0.1, 0.15) is 22.7 Å². The Hall–Kier alpha value is -1.68. The van der Waals surface area contributed by atoms with Gasteiger partial charge in [0.25, 0.3) is 0 Å². The van der Waals surface area contributed by atoms with Gasteiger partial charge in [0, 0.05) is 21.2 Å². The molecule has 5 heteroatoms. The minimum absolute atomic E-state index is 0.152. The number of phenolic OH excluding ortho intramolecular Hbond substituents is 1. The molecule has 0 saturated heterocycles. The minimum Gasteiger partial charge on any atom is -0.507 e. The Morgan fingerprint density at radius 1 is 1.10 bits per heavy atom. The monoisotopic (exact) mass is 320 g/mol. The number of aromatic hydroxyl groups is 1. The van der Waals surface area contributed by atoms with E-state index in [1.165, 1.54) is 0 Å². The number of rotatable bonds is 2. The van der Waals surface area contributed by atoms with Crippen LogP contribution in [0.25, 0.3) is 5.70 Å². The lowest BCUT2D eigenvalue weighted by atomic mass is 10.0. The summed E-state index contributed by atoms with van der Waals surface area (Å²) in [7, 11) is 0. The maximum Gasteiger partial charge on any atom is 0.124 e. The van der Waals surface area contributed by atoms with Crippen molar-refractivity contribution in [2.24, 2.45) is 0 Å². The summed E-state index contributed by atoms with van der Waals surface area (Å²) >= 11 is 12.5. The molecule has 1 aliphatic heterocycles. The van der Waals surface area contributed by atoms with Crippen molar-refractivity contribution in [3.05, 3.63) is 69.2 Å². The van der Waals surface area contributed by atoms with Crippen LogP contribution in [0.5, 0.6) is 5.75 Å². The van der Waals surface area contributed by atoms with E-state index < -0.39 is 0 Å². The maximum atomic E-state index is 10.0. The van der Waals surface area contributed by atoms with Crippen LogP contribution in [0.15, 0.2) is 42.5 Å². The van der Waals surface area contributed by atoms with E-state index in [9.17, 15) is 5.11 Å². The second-order valence-electron chi connectivity index (χ2n) is 4.98. The van der Waals surface area contributed by atoms with Crippen molar-refractivity contribution in [2.75, 3.05) is 0 Å². The van der Waals surface area contributed by atoms with Crippen molar-refractivity contribution in [3.8, 4) is 5.75 Å². The first-order valence-electron chi connectivity index (χ1n) is 6.53. The standard InChI is InChI=1S/C16H14Cl2N2O/c1-9-5-6-15(21)10(7-9)13-8-14(20-19-13)16-11(17)3-2-4-12(16)18/h2-8,14,19-21H,1H3/t14-/m1/s1. The molecule has 0 saturated carbocycles. The van der Waals surface area contributed by atoms with Gasteiger partial charge in [-0.2, -0.15) is 0 Å². The van der Waals surface area contributed by atoms with Crippen molar-refractivity contribution >= 4 is 28.9 Å². The Morgan fingerprint density at radius 2 is 1.81 bits per heavy atom. The van der Waals surface area contributed by atoms with E-state index in [4.69, 9.17) is 23.2 Å². The number of aryl methyl sites for hydroxylation is 1.